The highest BCUT2D eigenvalue weighted by atomic mass is 16.7. The summed E-state index contributed by atoms with van der Waals surface area (Å²) in [5.41, 5.74) is 6.12. The second kappa shape index (κ2) is 23.7. The van der Waals surface area contributed by atoms with Crippen LogP contribution in [0, 0.1) is 27.9 Å². The second-order valence-corrected chi connectivity index (χ2v) is 18.2. The molecule has 5 aromatic carbocycles. The van der Waals surface area contributed by atoms with Crippen LogP contribution in [0.1, 0.15) is 80.9 Å². The number of nitro benzene ring substituents is 1. The number of allylic oxidation sites excluding steroid dienone is 1. The van der Waals surface area contributed by atoms with Crippen LogP contribution in [0.15, 0.2) is 157 Å². The van der Waals surface area contributed by atoms with Crippen molar-refractivity contribution in [1.82, 2.24) is 4.90 Å². The number of benzene rings is 5. The number of nitro groups is 1. The molecule has 1 amide bonds. The number of non-ortho nitro benzene ring substituents is 1. The van der Waals surface area contributed by atoms with Crippen molar-refractivity contribution < 1.29 is 43.7 Å². The maximum absolute atomic E-state index is 14.7. The molecule has 0 radical (unpaired) electrons. The molecule has 6 atom stereocenters. The maximum atomic E-state index is 14.7. The number of ether oxygens (including phenoxy) is 4. The quantitative estimate of drug-likeness (QED) is 0.0279. The molecular weight excluding hydrogens is 887 g/mol. The predicted octanol–water partition coefficient (Wildman–Crippen LogP) is 11.9. The molecule has 0 bridgehead atoms. The summed E-state index contributed by atoms with van der Waals surface area (Å²) in [5, 5.41) is 36.4. The lowest BCUT2D eigenvalue weighted by Gasteiger charge is -2.59. The number of amides is 1. The number of oxime groups is 1. The monoisotopic (exact) mass is 949 g/mol. The number of nitrogens with zero attached hydrogens (tertiary/aromatic N) is 3. The first-order chi connectivity index (χ1) is 34.3. The van der Waals surface area contributed by atoms with E-state index < -0.39 is 28.8 Å². The van der Waals surface area contributed by atoms with Crippen molar-refractivity contribution in [3.8, 4) is 28.4 Å². The van der Waals surface area contributed by atoms with Crippen LogP contribution in [0.4, 0.5) is 10.5 Å². The average molecular weight is 950 g/mol. The van der Waals surface area contributed by atoms with Gasteiger partial charge in [0.05, 0.1) is 23.2 Å². The van der Waals surface area contributed by atoms with E-state index in [9.17, 15) is 25.1 Å². The highest BCUT2D eigenvalue weighted by Gasteiger charge is 2.65. The van der Waals surface area contributed by atoms with Gasteiger partial charge in [0.1, 0.15) is 36.5 Å². The number of carbonyl (C=O) groups is 1. The van der Waals surface area contributed by atoms with E-state index >= 15 is 0 Å². The molecule has 6 unspecified atom stereocenters. The number of rotatable bonds is 23. The minimum atomic E-state index is -1.48. The first kappa shape index (κ1) is 49.6. The second-order valence-electron chi connectivity index (χ2n) is 18.2. The van der Waals surface area contributed by atoms with E-state index in [1.54, 1.807) is 23.1 Å². The third-order valence-corrected chi connectivity index (χ3v) is 13.7. The Morgan fingerprint density at radius 3 is 2.21 bits per heavy atom. The summed E-state index contributed by atoms with van der Waals surface area (Å²) in [5.74, 6) is -0.381. The molecule has 0 saturated heterocycles. The molecule has 13 nitrogen and oxygen atoms in total. The Kier molecular flexibility index (Phi) is 16.8. The molecule has 1 saturated carbocycles. The van der Waals surface area contributed by atoms with Crippen LogP contribution in [0.5, 0.6) is 17.2 Å². The van der Waals surface area contributed by atoms with Crippen molar-refractivity contribution >= 4 is 17.5 Å². The van der Waals surface area contributed by atoms with Gasteiger partial charge in [0, 0.05) is 49.8 Å². The molecule has 0 aromatic heterocycles. The zero-order valence-electron chi connectivity index (χ0n) is 39.8. The lowest BCUT2D eigenvalue weighted by molar-refractivity contribution is -0.384. The maximum Gasteiger partial charge on any atom is 0.410 e. The molecule has 1 aliphatic heterocycles. The van der Waals surface area contributed by atoms with E-state index in [4.69, 9.17) is 28.9 Å². The molecule has 3 aliphatic rings. The van der Waals surface area contributed by atoms with Crippen LogP contribution >= 0.6 is 0 Å². The zero-order valence-corrected chi connectivity index (χ0v) is 39.8. The molecule has 1 heterocycles. The summed E-state index contributed by atoms with van der Waals surface area (Å²) in [6.45, 7) is 6.73. The SMILES string of the molecule is C=CCOC12Oc3ccc(Oc4ccc(-c5ccccc5)cc4)cc3C3C(CCCCO)C(CCCCO)C=C(C(=NOCc4ccc([N+](=O)[O-])cc4)CC1N(CCC)C(=O)OCc1ccccc1)C32. The fraction of sp³-hybridized carbons (Fsp3) is 0.368. The number of aliphatic hydroxyl groups excluding tert-OH is 2. The topological polar surface area (TPSA) is 162 Å². The normalized spacial score (nSPS) is 21.6. The first-order valence-corrected chi connectivity index (χ1v) is 24.5. The molecule has 0 spiro atoms. The van der Waals surface area contributed by atoms with E-state index in [0.717, 1.165) is 53.5 Å². The third kappa shape index (κ3) is 11.3. The summed E-state index contributed by atoms with van der Waals surface area (Å²) in [6.07, 6.45) is 8.61. The Labute approximate surface area is 410 Å². The van der Waals surface area contributed by atoms with Crippen LogP contribution in [0.2, 0.25) is 0 Å². The van der Waals surface area contributed by atoms with Gasteiger partial charge in [-0.25, -0.2) is 4.79 Å². The van der Waals surface area contributed by atoms with Crippen molar-refractivity contribution in [1.29, 1.82) is 0 Å². The molecule has 5 aromatic rings. The summed E-state index contributed by atoms with van der Waals surface area (Å²) < 4.78 is 27.3. The van der Waals surface area contributed by atoms with Crippen molar-refractivity contribution in [2.75, 3.05) is 26.4 Å². The van der Waals surface area contributed by atoms with Crippen LogP contribution in [-0.4, -0.2) is 70.0 Å². The number of aliphatic hydroxyl groups is 2. The van der Waals surface area contributed by atoms with Crippen LogP contribution in [0.25, 0.3) is 11.1 Å². The number of hydrogen-bond donors (Lipinski definition) is 2. The van der Waals surface area contributed by atoms with E-state index in [0.29, 0.717) is 54.3 Å². The van der Waals surface area contributed by atoms with E-state index in [1.165, 1.54) is 12.1 Å². The summed E-state index contributed by atoms with van der Waals surface area (Å²) in [7, 11) is 0. The van der Waals surface area contributed by atoms with Gasteiger partial charge in [-0.3, -0.25) is 15.0 Å². The van der Waals surface area contributed by atoms with Gasteiger partial charge >= 0.3 is 6.09 Å². The molecule has 1 fully saturated rings. The van der Waals surface area contributed by atoms with Crippen LogP contribution < -0.4 is 9.47 Å². The fourth-order valence-electron chi connectivity index (χ4n) is 10.5. The Balaban J connectivity index is 1.27. The molecule has 70 heavy (non-hydrogen) atoms. The van der Waals surface area contributed by atoms with E-state index in [2.05, 4.69) is 30.9 Å². The molecule has 2 aliphatic carbocycles. The van der Waals surface area contributed by atoms with Crippen LogP contribution in [0.3, 0.4) is 0 Å². The van der Waals surface area contributed by atoms with Gasteiger partial charge in [0.25, 0.3) is 5.69 Å². The van der Waals surface area contributed by atoms with E-state index in [-0.39, 0.29) is 62.9 Å². The Bertz CT molecular complexity index is 2590. The third-order valence-electron chi connectivity index (χ3n) is 13.7. The van der Waals surface area contributed by atoms with E-state index in [1.807, 2.05) is 91.9 Å². The lowest BCUT2D eigenvalue weighted by Crippen LogP contribution is -2.70. The molecular formula is C57H63N3O10. The molecule has 366 valence electrons. The predicted molar refractivity (Wildman–Crippen MR) is 268 cm³/mol. The Morgan fingerprint density at radius 1 is 0.857 bits per heavy atom. The average Bonchev–Trinajstić information content (AvgIpc) is 3.39. The van der Waals surface area contributed by atoms with Crippen molar-refractivity contribution in [3.63, 3.8) is 0 Å². The number of fused-ring (bicyclic) bond motifs is 2. The highest BCUT2D eigenvalue weighted by molar-refractivity contribution is 6.03. The fourth-order valence-corrected chi connectivity index (χ4v) is 10.5. The lowest BCUT2D eigenvalue weighted by atomic mass is 9.55. The highest BCUT2D eigenvalue weighted by Crippen LogP contribution is 2.62. The Morgan fingerprint density at radius 2 is 1.53 bits per heavy atom. The molecule has 8 rings (SSSR count). The zero-order chi connectivity index (χ0) is 48.9. The minimum Gasteiger partial charge on any atom is -0.459 e. The van der Waals surface area contributed by atoms with Gasteiger partial charge in [0.15, 0.2) is 0 Å². The summed E-state index contributed by atoms with van der Waals surface area (Å²) in [4.78, 5) is 33.6. The standard InChI is InChI=1S/C57H63N3O10/c1-3-31-59(56(63)66-38-40-15-7-5-8-16-40)53-37-51(58-68-39-41-21-25-45(26-22-41)60(64)65)49-35-44(19-11-13-32-61)48(20-12-14-33-62)54-50-36-47(29-30-52(50)70-57(53,55(49)54)67-34-4-2)69-46-27-23-43(24-28-46)42-17-9-6-10-18-42/h4-10,15-18,21-30,35-36,44,48,53-55,61-62H,2-3,11-14,19-20,31-34,37-39H2,1H3. The van der Waals surface area contributed by atoms with Gasteiger partial charge < -0.3 is 34.0 Å². The van der Waals surface area contributed by atoms with Crippen molar-refractivity contribution in [2.45, 2.75) is 89.3 Å². The van der Waals surface area contributed by atoms with Gasteiger partial charge in [-0.2, -0.15) is 0 Å². The largest absolute Gasteiger partial charge is 0.459 e. The van der Waals surface area contributed by atoms with Gasteiger partial charge in [-0.1, -0.05) is 110 Å². The summed E-state index contributed by atoms with van der Waals surface area (Å²) in [6, 6.07) is 39.1. The van der Waals surface area contributed by atoms with Gasteiger partial charge in [-0.15, -0.1) is 6.58 Å². The minimum absolute atomic E-state index is 0.000519. The first-order valence-electron chi connectivity index (χ1n) is 24.5. The van der Waals surface area contributed by atoms with Crippen molar-refractivity contribution in [2.24, 2.45) is 22.9 Å². The summed E-state index contributed by atoms with van der Waals surface area (Å²) >= 11 is 0. The number of hydrogen-bond acceptors (Lipinski definition) is 11. The van der Waals surface area contributed by atoms with Crippen LogP contribution in [-0.2, 0) is 27.5 Å². The number of carbonyl (C=O) groups excluding carboxylic acids is 1. The smallest absolute Gasteiger partial charge is 0.410 e. The van der Waals surface area contributed by atoms with Crippen molar-refractivity contribution in [3.05, 3.63) is 179 Å². The number of unbranched alkanes of at least 4 members (excludes halogenated alkanes) is 2. The molecule has 13 heteroatoms. The van der Waals surface area contributed by atoms with Gasteiger partial charge in [0.2, 0.25) is 5.79 Å². The van der Waals surface area contributed by atoms with Gasteiger partial charge in [-0.05, 0) is 114 Å². The molecule has 2 N–H and O–H groups in total. The Hall–Kier alpha value is -6.80.